The molecule has 1 aliphatic carbocycles. The largest absolute Gasteiger partial charge is 0.360 e. The summed E-state index contributed by atoms with van der Waals surface area (Å²) >= 11 is 0. The molecule has 2 aromatic carbocycles. The SMILES string of the molecule is C[Si](C)(C)CCOCn1nc(-c2nc3c([nH]2)CCCC3)c2cc(-c3cncc4ccccc34)ccc21. The fourth-order valence-corrected chi connectivity index (χ4v) is 5.82. The maximum absolute atomic E-state index is 6.10. The molecule has 0 saturated heterocycles. The predicted molar refractivity (Wildman–Crippen MR) is 149 cm³/mol. The van der Waals surface area contributed by atoms with Crippen molar-refractivity contribution in [3.05, 3.63) is 66.2 Å². The molecule has 0 radical (unpaired) electrons. The molecule has 36 heavy (non-hydrogen) atoms. The van der Waals surface area contributed by atoms with E-state index in [0.29, 0.717) is 6.73 Å². The third kappa shape index (κ3) is 4.49. The topological polar surface area (TPSA) is 68.6 Å². The lowest BCUT2D eigenvalue weighted by Gasteiger charge is -2.15. The van der Waals surface area contributed by atoms with Crippen LogP contribution in [-0.4, -0.2) is 39.4 Å². The van der Waals surface area contributed by atoms with Crippen molar-refractivity contribution in [1.29, 1.82) is 0 Å². The summed E-state index contributed by atoms with van der Waals surface area (Å²) in [7, 11) is -1.15. The summed E-state index contributed by atoms with van der Waals surface area (Å²) in [4.78, 5) is 13.1. The van der Waals surface area contributed by atoms with Gasteiger partial charge in [-0.05, 0) is 54.8 Å². The van der Waals surface area contributed by atoms with Gasteiger partial charge in [-0.25, -0.2) is 9.67 Å². The molecule has 0 fully saturated rings. The van der Waals surface area contributed by atoms with Crippen LogP contribution in [0, 0.1) is 0 Å². The summed E-state index contributed by atoms with van der Waals surface area (Å²) in [5.74, 6) is 0.862. The molecule has 6 rings (SSSR count). The van der Waals surface area contributed by atoms with E-state index in [4.69, 9.17) is 14.8 Å². The first-order chi connectivity index (χ1) is 17.5. The third-order valence-electron chi connectivity index (χ3n) is 7.12. The highest BCUT2D eigenvalue weighted by molar-refractivity contribution is 6.76. The number of nitrogens with zero attached hydrogens (tertiary/aromatic N) is 4. The minimum Gasteiger partial charge on any atom is -0.360 e. The molecule has 184 valence electrons. The monoisotopic (exact) mass is 495 g/mol. The number of aryl methyl sites for hydroxylation is 2. The highest BCUT2D eigenvalue weighted by atomic mass is 28.3. The van der Waals surface area contributed by atoms with E-state index < -0.39 is 8.07 Å². The molecule has 1 aliphatic rings. The Balaban J connectivity index is 1.44. The molecule has 0 amide bonds. The van der Waals surface area contributed by atoms with Gasteiger partial charge < -0.3 is 9.72 Å². The quantitative estimate of drug-likeness (QED) is 0.198. The molecule has 0 saturated carbocycles. The number of hydrogen-bond acceptors (Lipinski definition) is 4. The van der Waals surface area contributed by atoms with E-state index in [2.05, 4.69) is 72.1 Å². The average molecular weight is 496 g/mol. The Hall–Kier alpha value is -3.29. The summed E-state index contributed by atoms with van der Waals surface area (Å²) in [5, 5.41) is 8.45. The van der Waals surface area contributed by atoms with E-state index in [0.717, 1.165) is 64.4 Å². The molecule has 6 nitrogen and oxygen atoms in total. The van der Waals surface area contributed by atoms with Gasteiger partial charge in [0.05, 0.1) is 11.2 Å². The standard InChI is InChI=1S/C29H33N5OSi/c1-36(2,3)15-14-35-19-34-27-13-12-20(24-18-30-17-21-8-4-5-9-22(21)24)16-23(27)28(33-34)29-31-25-10-6-7-11-26(25)32-29/h4-5,8-9,12-13,16-18H,6-7,10-11,14-15,19H2,1-3H3,(H,31,32). The number of ether oxygens (including phenoxy) is 1. The minimum atomic E-state index is -1.15. The van der Waals surface area contributed by atoms with E-state index in [1.165, 1.54) is 29.6 Å². The van der Waals surface area contributed by atoms with Gasteiger partial charge in [-0.2, -0.15) is 5.10 Å². The van der Waals surface area contributed by atoms with Crippen molar-refractivity contribution in [2.45, 2.75) is 58.1 Å². The Morgan fingerprint density at radius 1 is 1.00 bits per heavy atom. The summed E-state index contributed by atoms with van der Waals surface area (Å²) in [5.41, 5.74) is 6.66. The van der Waals surface area contributed by atoms with Gasteiger partial charge in [-0.15, -0.1) is 0 Å². The van der Waals surface area contributed by atoms with Gasteiger partial charge in [0.25, 0.3) is 0 Å². The van der Waals surface area contributed by atoms with Crippen LogP contribution in [0.25, 0.3) is 44.3 Å². The molecule has 0 atom stereocenters. The number of aromatic amines is 1. The van der Waals surface area contributed by atoms with E-state index >= 15 is 0 Å². The lowest BCUT2D eigenvalue weighted by molar-refractivity contribution is 0.0818. The van der Waals surface area contributed by atoms with Gasteiger partial charge in [-0.3, -0.25) is 4.98 Å². The van der Waals surface area contributed by atoms with Crippen LogP contribution in [0.3, 0.4) is 0 Å². The highest BCUT2D eigenvalue weighted by Crippen LogP contribution is 2.34. The van der Waals surface area contributed by atoms with Crippen LogP contribution in [0.2, 0.25) is 25.7 Å². The Kier molecular flexibility index (Phi) is 5.97. The van der Waals surface area contributed by atoms with Crippen LogP contribution >= 0.6 is 0 Å². The summed E-state index contributed by atoms with van der Waals surface area (Å²) in [6, 6.07) is 16.1. The smallest absolute Gasteiger partial charge is 0.159 e. The lowest BCUT2D eigenvalue weighted by Crippen LogP contribution is -2.22. The average Bonchev–Trinajstić information content (AvgIpc) is 3.47. The van der Waals surface area contributed by atoms with E-state index in [1.807, 2.05) is 17.1 Å². The number of nitrogens with one attached hydrogen (secondary N) is 1. The fourth-order valence-electron chi connectivity index (χ4n) is 5.06. The van der Waals surface area contributed by atoms with Gasteiger partial charge in [0.15, 0.2) is 5.82 Å². The van der Waals surface area contributed by atoms with Crippen LogP contribution in [-0.2, 0) is 24.3 Å². The van der Waals surface area contributed by atoms with Gasteiger partial charge in [0.2, 0.25) is 0 Å². The van der Waals surface area contributed by atoms with Crippen LogP contribution in [0.1, 0.15) is 24.2 Å². The molecule has 3 aromatic heterocycles. The number of imidazole rings is 1. The first kappa shape index (κ1) is 23.1. The third-order valence-corrected chi connectivity index (χ3v) is 8.82. The zero-order chi connectivity index (χ0) is 24.7. The van der Waals surface area contributed by atoms with Crippen molar-refractivity contribution in [2.75, 3.05) is 6.61 Å². The highest BCUT2D eigenvalue weighted by Gasteiger charge is 2.21. The molecule has 3 heterocycles. The number of benzene rings is 2. The first-order valence-corrected chi connectivity index (χ1v) is 16.7. The van der Waals surface area contributed by atoms with Crippen molar-refractivity contribution in [1.82, 2.24) is 24.7 Å². The number of pyridine rings is 1. The van der Waals surface area contributed by atoms with Crippen molar-refractivity contribution in [2.24, 2.45) is 0 Å². The van der Waals surface area contributed by atoms with Crippen molar-refractivity contribution < 1.29 is 4.74 Å². The van der Waals surface area contributed by atoms with Crippen LogP contribution in [0.4, 0.5) is 0 Å². The molecule has 1 N–H and O–H groups in total. The van der Waals surface area contributed by atoms with Gasteiger partial charge in [-0.1, -0.05) is 50.0 Å². The number of rotatable bonds is 7. The second kappa shape index (κ2) is 9.30. The number of H-pyrrole nitrogens is 1. The summed E-state index contributed by atoms with van der Waals surface area (Å²) in [6.07, 6.45) is 8.40. The molecule has 0 unspecified atom stereocenters. The number of hydrogen-bond donors (Lipinski definition) is 1. The molecule has 0 aliphatic heterocycles. The second-order valence-corrected chi connectivity index (χ2v) is 16.7. The van der Waals surface area contributed by atoms with Crippen LogP contribution in [0.15, 0.2) is 54.9 Å². The summed E-state index contributed by atoms with van der Waals surface area (Å²) in [6.45, 7) is 8.33. The second-order valence-electron chi connectivity index (χ2n) is 11.1. The van der Waals surface area contributed by atoms with E-state index in [-0.39, 0.29) is 0 Å². The van der Waals surface area contributed by atoms with Crippen LogP contribution < -0.4 is 0 Å². The minimum absolute atomic E-state index is 0.441. The number of aromatic nitrogens is 5. The zero-order valence-corrected chi connectivity index (χ0v) is 22.3. The van der Waals surface area contributed by atoms with Crippen molar-refractivity contribution in [3.63, 3.8) is 0 Å². The molecular formula is C29H33N5OSi. The van der Waals surface area contributed by atoms with E-state index in [1.54, 1.807) is 0 Å². The normalized spacial score (nSPS) is 14.0. The fraction of sp³-hybridized carbons (Fsp3) is 0.345. The molecule has 7 heteroatoms. The molecule has 5 aromatic rings. The van der Waals surface area contributed by atoms with Crippen molar-refractivity contribution >= 4 is 29.7 Å². The molecule has 0 bridgehead atoms. The maximum Gasteiger partial charge on any atom is 0.159 e. The first-order valence-electron chi connectivity index (χ1n) is 13.0. The number of fused-ring (bicyclic) bond motifs is 3. The zero-order valence-electron chi connectivity index (χ0n) is 21.3. The summed E-state index contributed by atoms with van der Waals surface area (Å²) < 4.78 is 8.09. The Morgan fingerprint density at radius 3 is 2.72 bits per heavy atom. The molecular weight excluding hydrogens is 462 g/mol. The predicted octanol–water partition coefficient (Wildman–Crippen LogP) is 6.83. The Morgan fingerprint density at radius 2 is 1.86 bits per heavy atom. The maximum atomic E-state index is 6.10. The van der Waals surface area contributed by atoms with Crippen molar-refractivity contribution in [3.8, 4) is 22.6 Å². The Labute approximate surface area is 212 Å². The lowest BCUT2D eigenvalue weighted by atomic mass is 9.99. The van der Waals surface area contributed by atoms with Gasteiger partial charge in [0.1, 0.15) is 12.4 Å². The molecule has 0 spiro atoms. The van der Waals surface area contributed by atoms with E-state index in [9.17, 15) is 0 Å². The Bertz CT molecular complexity index is 1520. The van der Waals surface area contributed by atoms with Crippen LogP contribution in [0.5, 0.6) is 0 Å². The van der Waals surface area contributed by atoms with Gasteiger partial charge in [0, 0.05) is 49.1 Å². The van der Waals surface area contributed by atoms with Gasteiger partial charge >= 0.3 is 0 Å².